The number of hydrogen-bond donors (Lipinski definition) is 0. The van der Waals surface area contributed by atoms with E-state index in [9.17, 15) is 0 Å². The van der Waals surface area contributed by atoms with Crippen molar-refractivity contribution < 1.29 is 0 Å². The van der Waals surface area contributed by atoms with Crippen LogP contribution in [0.4, 0.5) is 0 Å². The van der Waals surface area contributed by atoms with Crippen molar-refractivity contribution in [3.63, 3.8) is 0 Å². The van der Waals surface area contributed by atoms with Crippen molar-refractivity contribution >= 4 is 54.4 Å². The van der Waals surface area contributed by atoms with Crippen molar-refractivity contribution in [1.29, 1.82) is 0 Å². The maximum absolute atomic E-state index is 5.33. The lowest BCUT2D eigenvalue weighted by atomic mass is 9.85. The van der Waals surface area contributed by atoms with Crippen LogP contribution in [0.15, 0.2) is 97.1 Å². The van der Waals surface area contributed by atoms with E-state index in [4.69, 9.17) is 10.2 Å². The van der Waals surface area contributed by atoms with Gasteiger partial charge in [-0.2, -0.15) is 10.2 Å². The molecule has 0 aliphatic heterocycles. The van der Waals surface area contributed by atoms with Crippen molar-refractivity contribution in [2.75, 3.05) is 0 Å². The molecule has 0 bridgehead atoms. The third-order valence-electron chi connectivity index (χ3n) is 9.73. The summed E-state index contributed by atoms with van der Waals surface area (Å²) in [5, 5.41) is 18.2. The summed E-state index contributed by atoms with van der Waals surface area (Å²) in [6, 6.07) is 35.9. The molecule has 0 atom stereocenters. The minimum atomic E-state index is -0.433. The molecule has 0 fully saturated rings. The molecule has 0 spiro atoms. The van der Waals surface area contributed by atoms with E-state index < -0.39 is 5.41 Å². The van der Waals surface area contributed by atoms with Gasteiger partial charge in [0.05, 0.1) is 38.9 Å². The van der Waals surface area contributed by atoms with Gasteiger partial charge in [0.2, 0.25) is 0 Å². The molecule has 4 nitrogen and oxygen atoms in total. The minimum Gasteiger partial charge on any atom is -0.232 e. The molecular weight excluding hydrogens is 573 g/mol. The Labute approximate surface area is 277 Å². The van der Waals surface area contributed by atoms with Gasteiger partial charge in [0, 0.05) is 21.5 Å². The highest BCUT2D eigenvalue weighted by atomic mass is 15.3. The zero-order valence-corrected chi connectivity index (χ0v) is 28.9. The predicted octanol–water partition coefficient (Wildman–Crippen LogP) is 11.1. The molecule has 0 aliphatic rings. The Balaban J connectivity index is 1.32. The predicted molar refractivity (Wildman–Crippen MR) is 199 cm³/mol. The Morgan fingerprint density at radius 3 is 1.21 bits per heavy atom. The Hall–Kier alpha value is -4.70. The van der Waals surface area contributed by atoms with Gasteiger partial charge in [-0.25, -0.2) is 9.03 Å². The van der Waals surface area contributed by atoms with Gasteiger partial charge in [0.25, 0.3) is 0 Å². The van der Waals surface area contributed by atoms with Gasteiger partial charge < -0.3 is 0 Å². The van der Waals surface area contributed by atoms with E-state index in [1.54, 1.807) is 0 Å². The molecule has 0 unspecified atom stereocenters. The fraction of sp³-hybridized carbons (Fsp3) is 0.302. The number of pyridine rings is 2. The second-order valence-electron chi connectivity index (χ2n) is 16.5. The topological polar surface area (TPSA) is 34.6 Å². The summed E-state index contributed by atoms with van der Waals surface area (Å²) >= 11 is 0. The van der Waals surface area contributed by atoms with Crippen molar-refractivity contribution in [2.45, 2.75) is 73.6 Å². The van der Waals surface area contributed by atoms with Crippen LogP contribution in [0, 0.1) is 10.8 Å². The number of benzene rings is 4. The Kier molecular flexibility index (Phi) is 6.41. The average Bonchev–Trinajstić information content (AvgIpc) is 3.67. The van der Waals surface area contributed by atoms with Crippen LogP contribution in [0.25, 0.3) is 54.4 Å². The van der Waals surface area contributed by atoms with Crippen molar-refractivity contribution in [3.8, 4) is 0 Å². The first-order chi connectivity index (χ1) is 22.3. The van der Waals surface area contributed by atoms with Crippen LogP contribution < -0.4 is 0 Å². The van der Waals surface area contributed by atoms with Gasteiger partial charge in [-0.15, -0.1) is 0 Å². The van der Waals surface area contributed by atoms with E-state index in [2.05, 4.69) is 161 Å². The first-order valence-corrected chi connectivity index (χ1v) is 16.9. The summed E-state index contributed by atoms with van der Waals surface area (Å²) in [6.45, 7) is 18.3. The average molecular weight is 617 g/mol. The number of rotatable bonds is 4. The summed E-state index contributed by atoms with van der Waals surface area (Å²) in [5.74, 6) is 0. The SMILES string of the molecule is CC(C)(C)Cc1ccc2c(c1)c1ccccc1n1nc(C(C)(C)c3cc4c5ccc(CC(C)(C)C)cc5c5ccccc5n4n3)cc21. The van der Waals surface area contributed by atoms with Crippen LogP contribution in [0.1, 0.15) is 77.9 Å². The highest BCUT2D eigenvalue weighted by Crippen LogP contribution is 2.39. The highest BCUT2D eigenvalue weighted by Gasteiger charge is 2.31. The number of para-hydroxylation sites is 2. The molecule has 236 valence electrons. The Bertz CT molecular complexity index is 2340. The monoisotopic (exact) mass is 616 g/mol. The molecule has 0 N–H and O–H groups in total. The molecule has 0 amide bonds. The fourth-order valence-corrected chi connectivity index (χ4v) is 7.55. The van der Waals surface area contributed by atoms with E-state index in [0.717, 1.165) is 46.3 Å². The van der Waals surface area contributed by atoms with Crippen molar-refractivity contribution in [2.24, 2.45) is 10.8 Å². The molecule has 0 radical (unpaired) electrons. The maximum Gasteiger partial charge on any atom is 0.0752 e. The molecule has 8 rings (SSSR count). The van der Waals surface area contributed by atoms with E-state index in [1.165, 1.54) is 43.4 Å². The molecule has 4 aromatic heterocycles. The first kappa shape index (κ1) is 29.7. The molecular formula is C43H44N4. The van der Waals surface area contributed by atoms with Crippen LogP contribution in [-0.2, 0) is 18.3 Å². The number of aromatic nitrogens is 4. The number of hydrogen-bond acceptors (Lipinski definition) is 2. The lowest BCUT2D eigenvalue weighted by molar-refractivity contribution is 0.411. The standard InChI is InChI=1S/C43H44N4/c1-41(2,3)25-27-17-19-31-33(21-27)29-13-9-11-15-35(29)46-37(31)23-39(44-46)43(7,8)40-24-38-32-20-18-28(26-42(4,5)6)22-34(32)30-14-10-12-16-36(30)47(38)45-40/h9-24H,25-26H2,1-8H3. The van der Waals surface area contributed by atoms with Crippen LogP contribution >= 0.6 is 0 Å². The molecule has 0 aliphatic carbocycles. The summed E-state index contributed by atoms with van der Waals surface area (Å²) in [7, 11) is 0. The molecule has 0 saturated heterocycles. The zero-order valence-electron chi connectivity index (χ0n) is 28.9. The highest BCUT2D eigenvalue weighted by molar-refractivity contribution is 6.13. The lowest BCUT2D eigenvalue weighted by Gasteiger charge is -2.19. The maximum atomic E-state index is 5.33. The van der Waals surface area contributed by atoms with Gasteiger partial charge in [-0.3, -0.25) is 0 Å². The lowest BCUT2D eigenvalue weighted by Crippen LogP contribution is -2.20. The summed E-state index contributed by atoms with van der Waals surface area (Å²) in [4.78, 5) is 0. The van der Waals surface area contributed by atoms with Crippen LogP contribution in [0.2, 0.25) is 0 Å². The Morgan fingerprint density at radius 1 is 0.426 bits per heavy atom. The molecule has 47 heavy (non-hydrogen) atoms. The summed E-state index contributed by atoms with van der Waals surface area (Å²) in [5.41, 5.74) is 9.30. The summed E-state index contributed by atoms with van der Waals surface area (Å²) in [6.07, 6.45) is 2.07. The quantitative estimate of drug-likeness (QED) is 0.184. The molecule has 4 heterocycles. The largest absolute Gasteiger partial charge is 0.232 e. The van der Waals surface area contributed by atoms with Crippen LogP contribution in [0.3, 0.4) is 0 Å². The molecule has 8 aromatic rings. The molecule has 0 saturated carbocycles. The van der Waals surface area contributed by atoms with Gasteiger partial charge in [0.15, 0.2) is 0 Å². The number of fused-ring (bicyclic) bond motifs is 12. The third kappa shape index (κ3) is 4.97. The second kappa shape index (κ2) is 10.1. The van der Waals surface area contributed by atoms with Gasteiger partial charge in [-0.1, -0.05) is 114 Å². The third-order valence-corrected chi connectivity index (χ3v) is 9.73. The van der Waals surface area contributed by atoms with Gasteiger partial charge in [0.1, 0.15) is 0 Å². The van der Waals surface area contributed by atoms with E-state index >= 15 is 0 Å². The van der Waals surface area contributed by atoms with Gasteiger partial charge >= 0.3 is 0 Å². The second-order valence-corrected chi connectivity index (χ2v) is 16.5. The molecule has 4 aromatic carbocycles. The first-order valence-electron chi connectivity index (χ1n) is 16.9. The molecule has 4 heteroatoms. The van der Waals surface area contributed by atoms with Crippen molar-refractivity contribution in [3.05, 3.63) is 120 Å². The smallest absolute Gasteiger partial charge is 0.0752 e. The Morgan fingerprint density at radius 2 is 0.809 bits per heavy atom. The van der Waals surface area contributed by atoms with E-state index in [-0.39, 0.29) is 10.8 Å². The number of nitrogens with zero attached hydrogens (tertiary/aromatic N) is 4. The van der Waals surface area contributed by atoms with Gasteiger partial charge in [-0.05, 0) is 83.7 Å². The van der Waals surface area contributed by atoms with Crippen LogP contribution in [0.5, 0.6) is 0 Å². The zero-order chi connectivity index (χ0) is 32.9. The van der Waals surface area contributed by atoms with Crippen LogP contribution in [-0.4, -0.2) is 19.2 Å². The van der Waals surface area contributed by atoms with E-state index in [0.29, 0.717) is 0 Å². The fourth-order valence-electron chi connectivity index (χ4n) is 7.55. The van der Waals surface area contributed by atoms with E-state index in [1.807, 2.05) is 0 Å². The normalized spacial score (nSPS) is 13.3. The summed E-state index contributed by atoms with van der Waals surface area (Å²) < 4.78 is 4.30. The van der Waals surface area contributed by atoms with Crippen molar-refractivity contribution in [1.82, 2.24) is 19.2 Å². The minimum absolute atomic E-state index is 0.223.